The van der Waals surface area contributed by atoms with Gasteiger partial charge in [-0.05, 0) is 48.7 Å². The van der Waals surface area contributed by atoms with Gasteiger partial charge < -0.3 is 0 Å². The highest BCUT2D eigenvalue weighted by Gasteiger charge is 2.49. The number of benzene rings is 2. The fourth-order valence-corrected chi connectivity index (χ4v) is 4.10. The van der Waals surface area contributed by atoms with Crippen LogP contribution in [-0.4, -0.2) is 23.4 Å². The average molecular weight is 392 g/mol. The van der Waals surface area contributed by atoms with Crippen LogP contribution in [0.2, 0.25) is 5.02 Å². The van der Waals surface area contributed by atoms with Gasteiger partial charge in [0.1, 0.15) is 6.17 Å². The van der Waals surface area contributed by atoms with Crippen LogP contribution in [0.4, 0.5) is 5.69 Å². The van der Waals surface area contributed by atoms with Gasteiger partial charge in [-0.3, -0.25) is 14.6 Å². The summed E-state index contributed by atoms with van der Waals surface area (Å²) in [5.41, 5.74) is 2.00. The molecule has 2 aromatic rings. The van der Waals surface area contributed by atoms with Crippen LogP contribution in [0, 0.1) is 0 Å². The number of hydrogen-bond acceptors (Lipinski definition) is 2. The quantitative estimate of drug-likeness (QED) is 0.746. The van der Waals surface area contributed by atoms with Gasteiger partial charge in [-0.1, -0.05) is 45.7 Å². The Bertz CT molecular complexity index is 749. The van der Waals surface area contributed by atoms with Crippen LogP contribution < -0.4 is 4.90 Å². The molecular weight excluding hydrogens is 376 g/mol. The minimum absolute atomic E-state index is 0.0115. The Kier molecular flexibility index (Phi) is 3.92. The van der Waals surface area contributed by atoms with Crippen molar-refractivity contribution >= 4 is 39.1 Å². The summed E-state index contributed by atoms with van der Waals surface area (Å²) in [5, 5.41) is 0.650. The second-order valence-corrected chi connectivity index (χ2v) is 7.36. The van der Waals surface area contributed by atoms with Gasteiger partial charge >= 0.3 is 0 Å². The molecule has 0 aliphatic carbocycles. The van der Waals surface area contributed by atoms with Crippen LogP contribution in [0.3, 0.4) is 0 Å². The molecule has 1 amide bonds. The molecule has 2 aromatic carbocycles. The van der Waals surface area contributed by atoms with Gasteiger partial charge in [-0.25, -0.2) is 0 Å². The van der Waals surface area contributed by atoms with Gasteiger partial charge in [0.2, 0.25) is 5.91 Å². The van der Waals surface area contributed by atoms with E-state index in [2.05, 4.69) is 33.0 Å². The third kappa shape index (κ3) is 2.59. The smallest absolute Gasteiger partial charge is 0.246 e. The summed E-state index contributed by atoms with van der Waals surface area (Å²) in [5.74, 6) is 0.178. The lowest BCUT2D eigenvalue weighted by Crippen LogP contribution is -2.32. The molecule has 0 saturated carbocycles. The van der Waals surface area contributed by atoms with Crippen molar-refractivity contribution in [1.29, 1.82) is 0 Å². The Morgan fingerprint density at radius 1 is 1.13 bits per heavy atom. The first-order chi connectivity index (χ1) is 11.1. The zero-order valence-electron chi connectivity index (χ0n) is 12.5. The number of fused-ring (bicyclic) bond motifs is 1. The second kappa shape index (κ2) is 5.93. The molecule has 0 spiro atoms. The summed E-state index contributed by atoms with van der Waals surface area (Å²) >= 11 is 9.63. The summed E-state index contributed by atoms with van der Waals surface area (Å²) in [6.45, 7) is 0.953. The Labute approximate surface area is 149 Å². The first-order valence-corrected chi connectivity index (χ1v) is 8.92. The molecule has 2 aliphatic heterocycles. The van der Waals surface area contributed by atoms with Crippen molar-refractivity contribution in [3.63, 3.8) is 0 Å². The molecule has 4 rings (SSSR count). The van der Waals surface area contributed by atoms with E-state index in [-0.39, 0.29) is 18.1 Å². The number of carbonyl (C=O) groups excluding carboxylic acids is 1. The highest BCUT2D eigenvalue weighted by molar-refractivity contribution is 9.10. The predicted octanol–water partition coefficient (Wildman–Crippen LogP) is 4.61. The molecule has 5 heteroatoms. The molecule has 2 fully saturated rings. The molecule has 2 saturated heterocycles. The first kappa shape index (κ1) is 15.2. The van der Waals surface area contributed by atoms with E-state index in [0.29, 0.717) is 5.02 Å². The number of halogens is 2. The topological polar surface area (TPSA) is 23.6 Å². The molecular formula is C18H16BrClN2O. The van der Waals surface area contributed by atoms with Gasteiger partial charge in [0.25, 0.3) is 0 Å². The number of amides is 1. The van der Waals surface area contributed by atoms with E-state index in [4.69, 9.17) is 11.6 Å². The molecule has 2 atom stereocenters. The highest BCUT2D eigenvalue weighted by atomic mass is 79.9. The fourth-order valence-electron chi connectivity index (χ4n) is 3.65. The van der Waals surface area contributed by atoms with Crippen LogP contribution in [0.5, 0.6) is 0 Å². The minimum Gasteiger partial charge on any atom is -0.290 e. The van der Waals surface area contributed by atoms with Gasteiger partial charge in [0.15, 0.2) is 0 Å². The lowest BCUT2D eigenvalue weighted by molar-refractivity contribution is -0.119. The summed E-state index contributed by atoms with van der Waals surface area (Å²) in [7, 11) is 0. The first-order valence-electron chi connectivity index (χ1n) is 7.75. The van der Waals surface area contributed by atoms with E-state index in [1.165, 1.54) is 0 Å². The molecule has 0 bridgehead atoms. The van der Waals surface area contributed by atoms with Gasteiger partial charge in [-0.2, -0.15) is 0 Å². The second-order valence-electron chi connectivity index (χ2n) is 6.01. The molecule has 0 N–H and O–H groups in total. The monoisotopic (exact) mass is 390 g/mol. The molecule has 23 heavy (non-hydrogen) atoms. The van der Waals surface area contributed by atoms with Crippen molar-refractivity contribution in [3.05, 3.63) is 63.6 Å². The maximum atomic E-state index is 13.0. The summed E-state index contributed by atoms with van der Waals surface area (Å²) in [4.78, 5) is 17.2. The summed E-state index contributed by atoms with van der Waals surface area (Å²) in [6, 6.07) is 15.8. The Hall–Kier alpha value is -1.36. The van der Waals surface area contributed by atoms with Crippen molar-refractivity contribution < 1.29 is 4.79 Å². The number of nitrogens with zero attached hydrogens (tertiary/aromatic N) is 2. The Balaban J connectivity index is 1.81. The SMILES string of the molecule is O=C1[C@@H]2CCCN2[C@@H](c2ccc(Br)cc2)N1c1cccc(Cl)c1. The lowest BCUT2D eigenvalue weighted by atomic mass is 10.1. The number of anilines is 1. The van der Waals surface area contributed by atoms with Crippen molar-refractivity contribution in [2.45, 2.75) is 25.0 Å². The predicted molar refractivity (Wildman–Crippen MR) is 95.5 cm³/mol. The van der Waals surface area contributed by atoms with E-state index in [1.807, 2.05) is 41.3 Å². The standard InChI is InChI=1S/C18H16BrClN2O/c19-13-8-6-12(7-9-13)17-21-10-2-5-16(21)18(23)22(17)15-4-1-3-14(20)11-15/h1,3-4,6-9,11,16-17H,2,5,10H2/t16-,17+/m0/s1. The van der Waals surface area contributed by atoms with E-state index in [1.54, 1.807) is 0 Å². The Morgan fingerprint density at radius 3 is 2.65 bits per heavy atom. The third-order valence-electron chi connectivity index (χ3n) is 4.63. The van der Waals surface area contributed by atoms with Gasteiger partial charge in [0.05, 0.1) is 6.04 Å². The lowest BCUT2D eigenvalue weighted by Gasteiger charge is -2.30. The van der Waals surface area contributed by atoms with E-state index >= 15 is 0 Å². The molecule has 118 valence electrons. The van der Waals surface area contributed by atoms with Crippen LogP contribution >= 0.6 is 27.5 Å². The van der Waals surface area contributed by atoms with Crippen LogP contribution in [0.15, 0.2) is 53.0 Å². The highest BCUT2D eigenvalue weighted by Crippen LogP contribution is 2.42. The molecule has 2 heterocycles. The minimum atomic E-state index is -0.0541. The van der Waals surface area contributed by atoms with E-state index < -0.39 is 0 Å². The zero-order chi connectivity index (χ0) is 16.0. The number of hydrogen-bond donors (Lipinski definition) is 0. The molecule has 3 nitrogen and oxygen atoms in total. The zero-order valence-corrected chi connectivity index (χ0v) is 14.8. The maximum Gasteiger partial charge on any atom is 0.246 e. The molecule has 2 aliphatic rings. The van der Waals surface area contributed by atoms with Gasteiger partial charge in [0, 0.05) is 21.7 Å². The third-order valence-corrected chi connectivity index (χ3v) is 5.39. The number of rotatable bonds is 2. The summed E-state index contributed by atoms with van der Waals surface area (Å²) < 4.78 is 1.04. The summed E-state index contributed by atoms with van der Waals surface area (Å²) in [6.07, 6.45) is 1.96. The van der Waals surface area contributed by atoms with Crippen LogP contribution in [0.25, 0.3) is 0 Å². The Morgan fingerprint density at radius 2 is 1.91 bits per heavy atom. The van der Waals surface area contributed by atoms with Crippen LogP contribution in [-0.2, 0) is 4.79 Å². The maximum absolute atomic E-state index is 13.0. The fraction of sp³-hybridized carbons (Fsp3) is 0.278. The normalized spacial score (nSPS) is 24.3. The van der Waals surface area contributed by atoms with Crippen molar-refractivity contribution in [2.24, 2.45) is 0 Å². The van der Waals surface area contributed by atoms with Crippen molar-refractivity contribution in [2.75, 3.05) is 11.4 Å². The molecule has 0 radical (unpaired) electrons. The van der Waals surface area contributed by atoms with E-state index in [9.17, 15) is 4.79 Å². The number of carbonyl (C=O) groups is 1. The van der Waals surface area contributed by atoms with Crippen LogP contribution in [0.1, 0.15) is 24.6 Å². The van der Waals surface area contributed by atoms with Crippen molar-refractivity contribution in [3.8, 4) is 0 Å². The average Bonchev–Trinajstić information content (AvgIpc) is 3.11. The van der Waals surface area contributed by atoms with Gasteiger partial charge in [-0.15, -0.1) is 0 Å². The van der Waals surface area contributed by atoms with Crippen molar-refractivity contribution in [1.82, 2.24) is 4.90 Å². The molecule has 0 unspecified atom stereocenters. The van der Waals surface area contributed by atoms with E-state index in [0.717, 1.165) is 35.1 Å². The largest absolute Gasteiger partial charge is 0.290 e. The molecule has 0 aromatic heterocycles.